The van der Waals surface area contributed by atoms with E-state index in [4.69, 9.17) is 14.0 Å². The average molecular weight is 448 g/mol. The zero-order valence-electron chi connectivity index (χ0n) is 19.0. The molecule has 5 rings (SSSR count). The zero-order chi connectivity index (χ0) is 22.9. The molecule has 2 heterocycles. The fraction of sp³-hybridized carbons (Fsp3) is 0.308. The molecule has 7 heteroatoms. The van der Waals surface area contributed by atoms with Crippen molar-refractivity contribution >= 4 is 0 Å². The van der Waals surface area contributed by atoms with Crippen molar-refractivity contribution in [2.75, 3.05) is 7.11 Å². The first-order valence-corrected chi connectivity index (χ1v) is 11.1. The molecule has 4 aromatic rings. The standard InChI is InChI=1S/C26H26FN3O3/c1-16-9-18(11-20(27)10-16)14-32-23-6-4-5-21-25(29-33-26(21)23)19-7-8-22(24(12-19)31-3)30-13-17(2)28-15-30/h7-13,15,23H,4-6,14H2,1-3H3. The van der Waals surface area contributed by atoms with Gasteiger partial charge in [0.15, 0.2) is 5.76 Å². The number of nitrogens with zero attached hydrogens (tertiary/aromatic N) is 3. The smallest absolute Gasteiger partial charge is 0.169 e. The summed E-state index contributed by atoms with van der Waals surface area (Å²) in [5.41, 5.74) is 6.34. The molecule has 0 radical (unpaired) electrons. The Balaban J connectivity index is 1.41. The number of imidazole rings is 1. The molecule has 2 aromatic carbocycles. The normalized spacial score (nSPS) is 15.5. The van der Waals surface area contributed by atoms with E-state index in [1.54, 1.807) is 13.4 Å². The highest BCUT2D eigenvalue weighted by Gasteiger charge is 2.29. The highest BCUT2D eigenvalue weighted by molar-refractivity contribution is 5.68. The number of aromatic nitrogens is 3. The van der Waals surface area contributed by atoms with Gasteiger partial charge in [0.05, 0.1) is 31.4 Å². The molecule has 0 bridgehead atoms. The third-order valence-corrected chi connectivity index (χ3v) is 6.00. The molecule has 33 heavy (non-hydrogen) atoms. The van der Waals surface area contributed by atoms with Gasteiger partial charge in [-0.05, 0) is 68.5 Å². The van der Waals surface area contributed by atoms with E-state index in [1.165, 1.54) is 12.1 Å². The maximum atomic E-state index is 13.7. The second-order valence-electron chi connectivity index (χ2n) is 8.51. The van der Waals surface area contributed by atoms with E-state index in [-0.39, 0.29) is 11.9 Å². The van der Waals surface area contributed by atoms with Crippen LogP contribution in [-0.4, -0.2) is 21.8 Å². The topological polar surface area (TPSA) is 62.3 Å². The van der Waals surface area contributed by atoms with Crippen LogP contribution in [0.2, 0.25) is 0 Å². The molecular weight excluding hydrogens is 421 g/mol. The number of methoxy groups -OCH3 is 1. The summed E-state index contributed by atoms with van der Waals surface area (Å²) in [5.74, 6) is 1.24. The largest absolute Gasteiger partial charge is 0.495 e. The molecule has 1 aliphatic carbocycles. The van der Waals surface area contributed by atoms with E-state index in [1.807, 2.05) is 48.9 Å². The number of hydrogen-bond acceptors (Lipinski definition) is 5. The van der Waals surface area contributed by atoms with Crippen LogP contribution in [0.5, 0.6) is 5.75 Å². The second-order valence-corrected chi connectivity index (χ2v) is 8.51. The molecule has 1 atom stereocenters. The quantitative estimate of drug-likeness (QED) is 0.369. The Morgan fingerprint density at radius 2 is 2.06 bits per heavy atom. The van der Waals surface area contributed by atoms with E-state index in [2.05, 4.69) is 10.1 Å². The Morgan fingerprint density at radius 3 is 2.82 bits per heavy atom. The Kier molecular flexibility index (Phi) is 5.72. The zero-order valence-corrected chi connectivity index (χ0v) is 19.0. The molecule has 1 unspecified atom stereocenters. The van der Waals surface area contributed by atoms with Gasteiger partial charge in [-0.1, -0.05) is 17.3 Å². The molecule has 0 spiro atoms. The summed E-state index contributed by atoms with van der Waals surface area (Å²) >= 11 is 0. The van der Waals surface area contributed by atoms with Crippen LogP contribution in [0.3, 0.4) is 0 Å². The maximum Gasteiger partial charge on any atom is 0.169 e. The van der Waals surface area contributed by atoms with Crippen molar-refractivity contribution in [3.8, 4) is 22.7 Å². The molecule has 0 N–H and O–H groups in total. The highest BCUT2D eigenvalue weighted by Crippen LogP contribution is 2.40. The van der Waals surface area contributed by atoms with E-state index >= 15 is 0 Å². The SMILES string of the molecule is COc1cc(-c2noc3c2CCCC3OCc2cc(C)cc(F)c2)ccc1-n1cnc(C)c1. The van der Waals surface area contributed by atoms with Gasteiger partial charge in [-0.25, -0.2) is 9.37 Å². The summed E-state index contributed by atoms with van der Waals surface area (Å²) in [6, 6.07) is 11.0. The van der Waals surface area contributed by atoms with Crippen molar-refractivity contribution in [1.29, 1.82) is 0 Å². The lowest BCUT2D eigenvalue weighted by Gasteiger charge is -2.21. The Bertz CT molecular complexity index is 1270. The molecule has 6 nitrogen and oxygen atoms in total. The van der Waals surface area contributed by atoms with Gasteiger partial charge in [0.2, 0.25) is 0 Å². The summed E-state index contributed by atoms with van der Waals surface area (Å²) in [6.45, 7) is 4.15. The first-order valence-electron chi connectivity index (χ1n) is 11.1. The van der Waals surface area contributed by atoms with E-state index < -0.39 is 0 Å². The molecule has 1 aliphatic rings. The summed E-state index contributed by atoms with van der Waals surface area (Å²) in [4.78, 5) is 4.30. The number of aryl methyl sites for hydroxylation is 2. The van der Waals surface area contributed by atoms with Crippen LogP contribution >= 0.6 is 0 Å². The molecule has 2 aromatic heterocycles. The Morgan fingerprint density at radius 1 is 1.18 bits per heavy atom. The molecule has 0 amide bonds. The van der Waals surface area contributed by atoms with E-state index in [0.29, 0.717) is 6.61 Å². The first-order chi connectivity index (χ1) is 16.0. The van der Waals surface area contributed by atoms with Gasteiger partial charge < -0.3 is 18.6 Å². The monoisotopic (exact) mass is 447 g/mol. The van der Waals surface area contributed by atoms with Gasteiger partial charge in [-0.2, -0.15) is 0 Å². The summed E-state index contributed by atoms with van der Waals surface area (Å²) in [7, 11) is 1.66. The minimum absolute atomic E-state index is 0.200. The number of benzene rings is 2. The number of hydrogen-bond donors (Lipinski definition) is 0. The van der Waals surface area contributed by atoms with Crippen LogP contribution in [-0.2, 0) is 17.8 Å². The van der Waals surface area contributed by atoms with E-state index in [9.17, 15) is 4.39 Å². The molecule has 0 saturated carbocycles. The first kappa shape index (κ1) is 21.4. The third kappa shape index (κ3) is 4.28. The van der Waals surface area contributed by atoms with Gasteiger partial charge in [-0.3, -0.25) is 0 Å². The highest BCUT2D eigenvalue weighted by atomic mass is 19.1. The van der Waals surface area contributed by atoms with Crippen molar-refractivity contribution < 1.29 is 18.4 Å². The van der Waals surface area contributed by atoms with Crippen LogP contribution in [0, 0.1) is 19.7 Å². The minimum atomic E-state index is -0.247. The Hall–Kier alpha value is -3.45. The predicted octanol–water partition coefficient (Wildman–Crippen LogP) is 5.89. The lowest BCUT2D eigenvalue weighted by atomic mass is 9.92. The van der Waals surface area contributed by atoms with Crippen molar-refractivity contribution in [1.82, 2.24) is 14.7 Å². The lowest BCUT2D eigenvalue weighted by Crippen LogP contribution is -2.12. The summed E-state index contributed by atoms with van der Waals surface area (Å²) in [5, 5.41) is 4.39. The number of halogens is 1. The summed E-state index contributed by atoms with van der Waals surface area (Å²) < 4.78 is 33.2. The molecule has 0 saturated heterocycles. The van der Waals surface area contributed by atoms with Crippen LogP contribution in [0.4, 0.5) is 4.39 Å². The number of rotatable bonds is 6. The fourth-order valence-corrected chi connectivity index (χ4v) is 4.48. The Labute approximate surface area is 192 Å². The molecule has 0 aliphatic heterocycles. The minimum Gasteiger partial charge on any atom is -0.495 e. The second kappa shape index (κ2) is 8.83. The van der Waals surface area contributed by atoms with Crippen LogP contribution in [0.25, 0.3) is 16.9 Å². The van der Waals surface area contributed by atoms with Gasteiger partial charge in [0, 0.05) is 17.3 Å². The third-order valence-electron chi connectivity index (χ3n) is 6.00. The van der Waals surface area contributed by atoms with Crippen molar-refractivity contribution in [3.63, 3.8) is 0 Å². The van der Waals surface area contributed by atoms with Crippen molar-refractivity contribution in [2.24, 2.45) is 0 Å². The van der Waals surface area contributed by atoms with E-state index in [0.717, 1.165) is 70.1 Å². The average Bonchev–Trinajstić information content (AvgIpc) is 3.43. The van der Waals surface area contributed by atoms with Gasteiger partial charge in [0.25, 0.3) is 0 Å². The fourth-order valence-electron chi connectivity index (χ4n) is 4.48. The van der Waals surface area contributed by atoms with Crippen LogP contribution in [0.1, 0.15) is 47.1 Å². The lowest BCUT2D eigenvalue weighted by molar-refractivity contribution is 0.0100. The number of fused-ring (bicyclic) bond motifs is 1. The van der Waals surface area contributed by atoms with Gasteiger partial charge >= 0.3 is 0 Å². The number of ether oxygens (including phenoxy) is 2. The van der Waals surface area contributed by atoms with Crippen LogP contribution in [0.15, 0.2) is 53.4 Å². The molecule has 0 fully saturated rings. The molecule has 170 valence electrons. The van der Waals surface area contributed by atoms with Crippen molar-refractivity contribution in [2.45, 2.75) is 45.8 Å². The van der Waals surface area contributed by atoms with Crippen molar-refractivity contribution in [3.05, 3.63) is 82.9 Å². The van der Waals surface area contributed by atoms with Gasteiger partial charge in [0.1, 0.15) is 23.4 Å². The van der Waals surface area contributed by atoms with Gasteiger partial charge in [-0.15, -0.1) is 0 Å². The predicted molar refractivity (Wildman–Crippen MR) is 122 cm³/mol. The van der Waals surface area contributed by atoms with Crippen LogP contribution < -0.4 is 4.74 Å². The maximum absolute atomic E-state index is 13.7. The molecular formula is C26H26FN3O3. The summed E-state index contributed by atoms with van der Waals surface area (Å²) in [6.07, 6.45) is 6.21.